The Kier molecular flexibility index (Phi) is 3.80. The van der Waals surface area contributed by atoms with Gasteiger partial charge in [-0.3, -0.25) is 0 Å². The van der Waals surface area contributed by atoms with Crippen LogP contribution in [0.25, 0.3) is 0 Å². The van der Waals surface area contributed by atoms with E-state index in [2.05, 4.69) is 37.4 Å². The molecule has 1 aliphatic heterocycles. The molecular formula is C16H20O. The first kappa shape index (κ1) is 12.1. The van der Waals surface area contributed by atoms with Crippen LogP contribution in [0.1, 0.15) is 25.3 Å². The lowest BCUT2D eigenvalue weighted by Crippen LogP contribution is -2.30. The highest BCUT2D eigenvalue weighted by Crippen LogP contribution is 2.28. The molecule has 1 fully saturated rings. The molecule has 0 bridgehead atoms. The second-order valence-electron chi connectivity index (χ2n) is 4.94. The molecule has 1 heterocycles. The summed E-state index contributed by atoms with van der Waals surface area (Å²) in [5, 5.41) is 0. The number of rotatable bonds is 3. The van der Waals surface area contributed by atoms with Gasteiger partial charge in [0.05, 0.1) is 12.2 Å². The SMILES string of the molecule is C=C1CC(Cc2ccccc2)OC(C(=C)C)C1. The van der Waals surface area contributed by atoms with E-state index in [-0.39, 0.29) is 12.2 Å². The van der Waals surface area contributed by atoms with Gasteiger partial charge in [0.2, 0.25) is 0 Å². The van der Waals surface area contributed by atoms with Crippen LogP contribution in [-0.2, 0) is 11.2 Å². The molecule has 1 aliphatic rings. The van der Waals surface area contributed by atoms with E-state index in [9.17, 15) is 0 Å². The summed E-state index contributed by atoms with van der Waals surface area (Å²) in [5.74, 6) is 0. The minimum absolute atomic E-state index is 0.157. The fourth-order valence-corrected chi connectivity index (χ4v) is 2.28. The number of benzene rings is 1. The zero-order valence-electron chi connectivity index (χ0n) is 10.5. The second kappa shape index (κ2) is 5.33. The summed E-state index contributed by atoms with van der Waals surface area (Å²) in [7, 11) is 0. The Morgan fingerprint density at radius 1 is 1.29 bits per heavy atom. The molecule has 1 nitrogen and oxygen atoms in total. The smallest absolute Gasteiger partial charge is 0.0820 e. The van der Waals surface area contributed by atoms with Crippen LogP contribution >= 0.6 is 0 Å². The molecule has 17 heavy (non-hydrogen) atoms. The van der Waals surface area contributed by atoms with Crippen molar-refractivity contribution in [3.05, 3.63) is 60.2 Å². The minimum Gasteiger partial charge on any atom is -0.370 e. The van der Waals surface area contributed by atoms with Crippen molar-refractivity contribution in [1.82, 2.24) is 0 Å². The fourth-order valence-electron chi connectivity index (χ4n) is 2.28. The Morgan fingerprint density at radius 2 is 2.00 bits per heavy atom. The normalized spacial score (nSPS) is 24.6. The van der Waals surface area contributed by atoms with E-state index < -0.39 is 0 Å². The third-order valence-electron chi connectivity index (χ3n) is 3.20. The molecule has 2 unspecified atom stereocenters. The Balaban J connectivity index is 2.01. The van der Waals surface area contributed by atoms with Gasteiger partial charge in [-0.15, -0.1) is 0 Å². The summed E-state index contributed by atoms with van der Waals surface area (Å²) in [6.45, 7) is 10.1. The van der Waals surface area contributed by atoms with Crippen LogP contribution in [0.2, 0.25) is 0 Å². The summed E-state index contributed by atoms with van der Waals surface area (Å²) in [6, 6.07) is 10.5. The maximum absolute atomic E-state index is 6.06. The third kappa shape index (κ3) is 3.31. The quantitative estimate of drug-likeness (QED) is 0.713. The van der Waals surface area contributed by atoms with Crippen molar-refractivity contribution < 1.29 is 4.74 Å². The molecular weight excluding hydrogens is 208 g/mol. The lowest BCUT2D eigenvalue weighted by atomic mass is 9.93. The van der Waals surface area contributed by atoms with Gasteiger partial charge in [0, 0.05) is 0 Å². The standard InChI is InChI=1S/C16H20O/c1-12(2)16-10-13(3)9-15(17-16)11-14-7-5-4-6-8-14/h4-8,15-16H,1,3,9-11H2,2H3. The van der Waals surface area contributed by atoms with Crippen molar-refractivity contribution in [3.8, 4) is 0 Å². The van der Waals surface area contributed by atoms with Crippen LogP contribution in [-0.4, -0.2) is 12.2 Å². The minimum atomic E-state index is 0.157. The lowest BCUT2D eigenvalue weighted by molar-refractivity contribution is -0.0106. The fraction of sp³-hybridized carbons (Fsp3) is 0.375. The number of hydrogen-bond acceptors (Lipinski definition) is 1. The van der Waals surface area contributed by atoms with Crippen LogP contribution in [0.15, 0.2) is 54.6 Å². The molecule has 0 N–H and O–H groups in total. The van der Waals surface area contributed by atoms with Crippen molar-refractivity contribution in [2.75, 3.05) is 0 Å². The Bertz CT molecular complexity index is 405. The first-order valence-corrected chi connectivity index (χ1v) is 6.16. The lowest BCUT2D eigenvalue weighted by Gasteiger charge is -2.32. The van der Waals surface area contributed by atoms with E-state index >= 15 is 0 Å². The molecule has 0 spiro atoms. The molecule has 1 heteroatoms. The molecule has 0 radical (unpaired) electrons. The van der Waals surface area contributed by atoms with Crippen LogP contribution in [0, 0.1) is 0 Å². The Labute approximate surface area is 104 Å². The van der Waals surface area contributed by atoms with Crippen LogP contribution in [0.5, 0.6) is 0 Å². The number of hydrogen-bond donors (Lipinski definition) is 0. The van der Waals surface area contributed by atoms with Gasteiger partial charge in [-0.2, -0.15) is 0 Å². The molecule has 1 aromatic rings. The molecule has 0 aliphatic carbocycles. The monoisotopic (exact) mass is 228 g/mol. The topological polar surface area (TPSA) is 9.23 Å². The molecule has 1 aromatic carbocycles. The molecule has 2 atom stereocenters. The van der Waals surface area contributed by atoms with Gasteiger partial charge in [-0.1, -0.05) is 54.6 Å². The van der Waals surface area contributed by atoms with Gasteiger partial charge >= 0.3 is 0 Å². The predicted octanol–water partition coefficient (Wildman–Crippen LogP) is 3.91. The van der Waals surface area contributed by atoms with E-state index in [4.69, 9.17) is 4.74 Å². The van der Waals surface area contributed by atoms with Gasteiger partial charge in [0.1, 0.15) is 0 Å². The van der Waals surface area contributed by atoms with Gasteiger partial charge in [-0.25, -0.2) is 0 Å². The molecule has 0 aromatic heterocycles. The summed E-state index contributed by atoms with van der Waals surface area (Å²) < 4.78 is 6.06. The highest BCUT2D eigenvalue weighted by Gasteiger charge is 2.24. The first-order valence-electron chi connectivity index (χ1n) is 6.16. The van der Waals surface area contributed by atoms with Crippen LogP contribution in [0.3, 0.4) is 0 Å². The Morgan fingerprint density at radius 3 is 2.65 bits per heavy atom. The van der Waals surface area contributed by atoms with E-state index in [1.165, 1.54) is 11.1 Å². The average Bonchev–Trinajstić information content (AvgIpc) is 2.29. The van der Waals surface area contributed by atoms with Crippen molar-refractivity contribution in [3.63, 3.8) is 0 Å². The summed E-state index contributed by atoms with van der Waals surface area (Å²) in [5.41, 5.74) is 3.71. The maximum atomic E-state index is 6.06. The van der Waals surface area contributed by atoms with Crippen LogP contribution < -0.4 is 0 Å². The molecule has 0 amide bonds. The number of ether oxygens (including phenoxy) is 1. The molecule has 1 saturated heterocycles. The van der Waals surface area contributed by atoms with E-state index in [0.717, 1.165) is 24.8 Å². The van der Waals surface area contributed by atoms with Gasteiger partial charge < -0.3 is 4.74 Å². The predicted molar refractivity (Wildman–Crippen MR) is 72.0 cm³/mol. The summed E-state index contributed by atoms with van der Waals surface area (Å²) in [4.78, 5) is 0. The highest BCUT2D eigenvalue weighted by atomic mass is 16.5. The van der Waals surface area contributed by atoms with Crippen LogP contribution in [0.4, 0.5) is 0 Å². The molecule has 2 rings (SSSR count). The average molecular weight is 228 g/mol. The van der Waals surface area contributed by atoms with Gasteiger partial charge in [0.25, 0.3) is 0 Å². The maximum Gasteiger partial charge on any atom is 0.0820 e. The van der Waals surface area contributed by atoms with Crippen molar-refractivity contribution in [1.29, 1.82) is 0 Å². The zero-order chi connectivity index (χ0) is 12.3. The molecule has 90 valence electrons. The molecule has 0 saturated carbocycles. The van der Waals surface area contributed by atoms with E-state index in [1.54, 1.807) is 0 Å². The van der Waals surface area contributed by atoms with Gasteiger partial charge in [-0.05, 0) is 31.7 Å². The third-order valence-corrected chi connectivity index (χ3v) is 3.20. The highest BCUT2D eigenvalue weighted by molar-refractivity contribution is 5.18. The van der Waals surface area contributed by atoms with Crippen molar-refractivity contribution in [2.45, 2.75) is 38.4 Å². The Hall–Kier alpha value is -1.34. The van der Waals surface area contributed by atoms with Crippen molar-refractivity contribution >= 4 is 0 Å². The second-order valence-corrected chi connectivity index (χ2v) is 4.94. The zero-order valence-corrected chi connectivity index (χ0v) is 10.5. The summed E-state index contributed by atoms with van der Waals surface area (Å²) in [6.07, 6.45) is 3.27. The van der Waals surface area contributed by atoms with Crippen molar-refractivity contribution in [2.24, 2.45) is 0 Å². The van der Waals surface area contributed by atoms with E-state index in [1.807, 2.05) is 13.0 Å². The summed E-state index contributed by atoms with van der Waals surface area (Å²) >= 11 is 0. The van der Waals surface area contributed by atoms with Gasteiger partial charge in [0.15, 0.2) is 0 Å². The largest absolute Gasteiger partial charge is 0.370 e. The van der Waals surface area contributed by atoms with E-state index in [0.29, 0.717) is 0 Å². The first-order chi connectivity index (χ1) is 8.15.